The molecule has 1 aromatic heterocycles. The Kier molecular flexibility index (Phi) is 4.18. The lowest BCUT2D eigenvalue weighted by molar-refractivity contribution is 0.357. The number of hydrogen-bond acceptors (Lipinski definition) is 4. The van der Waals surface area contributed by atoms with Crippen molar-refractivity contribution in [3.05, 3.63) is 14.7 Å². The zero-order chi connectivity index (χ0) is 13.5. The quantitative estimate of drug-likeness (QED) is 0.884. The predicted octanol–water partition coefficient (Wildman–Crippen LogP) is 2.39. The molecular formula is C11H17BrN2O2S2. The van der Waals surface area contributed by atoms with Crippen molar-refractivity contribution in [2.24, 2.45) is 11.7 Å². The van der Waals surface area contributed by atoms with E-state index in [1.165, 1.54) is 15.6 Å². The number of halogens is 1. The van der Waals surface area contributed by atoms with E-state index in [1.54, 1.807) is 13.1 Å². The second kappa shape index (κ2) is 5.20. The van der Waals surface area contributed by atoms with Gasteiger partial charge in [-0.05, 0) is 47.7 Å². The summed E-state index contributed by atoms with van der Waals surface area (Å²) in [5.74, 6) is 0.510. The number of sulfonamides is 1. The number of hydrogen-bond donors (Lipinski definition) is 1. The van der Waals surface area contributed by atoms with Crippen LogP contribution in [0.4, 0.5) is 0 Å². The second-order valence-corrected chi connectivity index (χ2v) is 9.07. The van der Waals surface area contributed by atoms with Crippen molar-refractivity contribution in [2.45, 2.75) is 37.2 Å². The normalized spacial score (nSPS) is 18.3. The molecule has 1 unspecified atom stereocenters. The van der Waals surface area contributed by atoms with E-state index >= 15 is 0 Å². The summed E-state index contributed by atoms with van der Waals surface area (Å²) in [5.41, 5.74) is 5.55. The molecule has 1 aliphatic rings. The van der Waals surface area contributed by atoms with Gasteiger partial charge in [-0.2, -0.15) is 4.31 Å². The van der Waals surface area contributed by atoms with E-state index in [0.717, 1.165) is 17.7 Å². The maximum absolute atomic E-state index is 12.5. The van der Waals surface area contributed by atoms with E-state index in [4.69, 9.17) is 5.73 Å². The molecule has 7 heteroatoms. The summed E-state index contributed by atoms with van der Waals surface area (Å²) in [6.45, 7) is 2.33. The lowest BCUT2D eigenvalue weighted by Gasteiger charge is -2.23. The van der Waals surface area contributed by atoms with E-state index in [1.807, 2.05) is 6.92 Å². The van der Waals surface area contributed by atoms with E-state index in [-0.39, 0.29) is 6.04 Å². The Balaban J connectivity index is 2.31. The SMILES string of the molecule is CC(C1CC1)N(C)S(=O)(=O)c1cc(CN)sc1Br. The van der Waals surface area contributed by atoms with Crippen LogP contribution < -0.4 is 5.73 Å². The van der Waals surface area contributed by atoms with Crippen molar-refractivity contribution in [3.8, 4) is 0 Å². The molecule has 102 valence electrons. The average molecular weight is 353 g/mol. The van der Waals surface area contributed by atoms with Crippen LogP contribution in [0.15, 0.2) is 14.7 Å². The van der Waals surface area contributed by atoms with Gasteiger partial charge in [0.05, 0.1) is 3.79 Å². The highest BCUT2D eigenvalue weighted by atomic mass is 79.9. The molecule has 2 rings (SSSR count). The monoisotopic (exact) mass is 352 g/mol. The zero-order valence-corrected chi connectivity index (χ0v) is 13.6. The molecule has 1 aromatic rings. The third-order valence-electron chi connectivity index (χ3n) is 3.44. The Hall–Kier alpha value is 0.0500. The van der Waals surface area contributed by atoms with Crippen molar-refractivity contribution in [3.63, 3.8) is 0 Å². The standard InChI is InChI=1S/C11H17BrN2O2S2/c1-7(8-3-4-8)14(2)18(15,16)10-5-9(6-13)17-11(10)12/h5,7-8H,3-4,6,13H2,1-2H3. The Morgan fingerprint density at radius 2 is 2.22 bits per heavy atom. The first-order chi connectivity index (χ1) is 8.37. The van der Waals surface area contributed by atoms with Gasteiger partial charge in [0.1, 0.15) is 4.90 Å². The molecule has 0 aromatic carbocycles. The Bertz CT molecular complexity index is 537. The van der Waals surface area contributed by atoms with Crippen LogP contribution in [0.1, 0.15) is 24.6 Å². The molecule has 0 saturated heterocycles. The lowest BCUT2D eigenvalue weighted by atomic mass is 10.2. The fourth-order valence-corrected chi connectivity index (χ4v) is 5.86. The second-order valence-electron chi connectivity index (χ2n) is 4.65. The van der Waals surface area contributed by atoms with Gasteiger partial charge in [0.25, 0.3) is 0 Å². The number of thiophene rings is 1. The van der Waals surface area contributed by atoms with Crippen LogP contribution in [0.2, 0.25) is 0 Å². The first-order valence-corrected chi connectivity index (χ1v) is 8.89. The summed E-state index contributed by atoms with van der Waals surface area (Å²) < 4.78 is 27.2. The minimum Gasteiger partial charge on any atom is -0.326 e. The van der Waals surface area contributed by atoms with Gasteiger partial charge in [0, 0.05) is 24.5 Å². The van der Waals surface area contributed by atoms with Crippen LogP contribution >= 0.6 is 27.3 Å². The molecule has 0 spiro atoms. The summed E-state index contributed by atoms with van der Waals surface area (Å²) in [6, 6.07) is 1.73. The van der Waals surface area contributed by atoms with E-state index < -0.39 is 10.0 Å². The Morgan fingerprint density at radius 3 is 2.67 bits per heavy atom. The number of rotatable bonds is 5. The summed E-state index contributed by atoms with van der Waals surface area (Å²) >= 11 is 4.70. The third-order valence-corrected chi connectivity index (χ3v) is 7.66. The fourth-order valence-electron chi connectivity index (χ4n) is 1.92. The van der Waals surface area contributed by atoms with Crippen molar-refractivity contribution in [1.82, 2.24) is 4.31 Å². The van der Waals surface area contributed by atoms with Crippen molar-refractivity contribution >= 4 is 37.3 Å². The maximum atomic E-state index is 12.5. The van der Waals surface area contributed by atoms with Crippen molar-refractivity contribution in [1.29, 1.82) is 0 Å². The van der Waals surface area contributed by atoms with Gasteiger partial charge in [-0.25, -0.2) is 8.42 Å². The summed E-state index contributed by atoms with van der Waals surface area (Å²) in [5, 5.41) is 0. The highest BCUT2D eigenvalue weighted by molar-refractivity contribution is 9.11. The molecular weight excluding hydrogens is 336 g/mol. The molecule has 0 bridgehead atoms. The molecule has 0 radical (unpaired) electrons. The van der Waals surface area contributed by atoms with Gasteiger partial charge < -0.3 is 5.73 Å². The average Bonchev–Trinajstić information content (AvgIpc) is 3.10. The van der Waals surface area contributed by atoms with Crippen molar-refractivity contribution in [2.75, 3.05) is 7.05 Å². The molecule has 2 N–H and O–H groups in total. The molecule has 1 aliphatic carbocycles. The molecule has 18 heavy (non-hydrogen) atoms. The highest BCUT2D eigenvalue weighted by Crippen LogP contribution is 2.38. The van der Waals surface area contributed by atoms with E-state index in [9.17, 15) is 8.42 Å². The topological polar surface area (TPSA) is 63.4 Å². The number of nitrogens with two attached hydrogens (primary N) is 1. The zero-order valence-electron chi connectivity index (χ0n) is 10.4. The molecule has 0 amide bonds. The molecule has 0 aliphatic heterocycles. The van der Waals surface area contributed by atoms with Gasteiger partial charge >= 0.3 is 0 Å². The molecule has 1 fully saturated rings. The van der Waals surface area contributed by atoms with E-state index in [0.29, 0.717) is 21.1 Å². The predicted molar refractivity (Wildman–Crippen MR) is 77.0 cm³/mol. The summed E-state index contributed by atoms with van der Waals surface area (Å²) in [6.07, 6.45) is 2.25. The largest absolute Gasteiger partial charge is 0.326 e. The fraction of sp³-hybridized carbons (Fsp3) is 0.636. The Morgan fingerprint density at radius 1 is 1.61 bits per heavy atom. The molecule has 1 atom stereocenters. The van der Waals surface area contributed by atoms with Crippen LogP contribution in [0, 0.1) is 5.92 Å². The molecule has 1 saturated carbocycles. The van der Waals surface area contributed by atoms with Gasteiger partial charge in [-0.3, -0.25) is 0 Å². The molecule has 4 nitrogen and oxygen atoms in total. The van der Waals surface area contributed by atoms with Gasteiger partial charge in [-0.15, -0.1) is 11.3 Å². The van der Waals surface area contributed by atoms with Crippen molar-refractivity contribution < 1.29 is 8.42 Å². The summed E-state index contributed by atoms with van der Waals surface area (Å²) in [7, 11) is -1.76. The first-order valence-electron chi connectivity index (χ1n) is 5.84. The van der Waals surface area contributed by atoms with Crippen LogP contribution in [-0.2, 0) is 16.6 Å². The van der Waals surface area contributed by atoms with Gasteiger partial charge in [0.15, 0.2) is 0 Å². The van der Waals surface area contributed by atoms with Crippen LogP contribution in [0.5, 0.6) is 0 Å². The highest BCUT2D eigenvalue weighted by Gasteiger charge is 2.37. The van der Waals surface area contributed by atoms with Crippen LogP contribution in [0.3, 0.4) is 0 Å². The third kappa shape index (κ3) is 2.65. The smallest absolute Gasteiger partial charge is 0.245 e. The summed E-state index contributed by atoms with van der Waals surface area (Å²) in [4.78, 5) is 1.20. The first kappa shape index (κ1) is 14.5. The lowest BCUT2D eigenvalue weighted by Crippen LogP contribution is -2.36. The van der Waals surface area contributed by atoms with Crippen LogP contribution in [-0.4, -0.2) is 25.8 Å². The molecule has 1 heterocycles. The van der Waals surface area contributed by atoms with Gasteiger partial charge in [-0.1, -0.05) is 0 Å². The minimum absolute atomic E-state index is 0.0585. The van der Waals surface area contributed by atoms with Crippen LogP contribution in [0.25, 0.3) is 0 Å². The number of nitrogens with zero attached hydrogens (tertiary/aromatic N) is 1. The minimum atomic E-state index is -3.42. The van der Waals surface area contributed by atoms with Gasteiger partial charge in [0.2, 0.25) is 10.0 Å². The maximum Gasteiger partial charge on any atom is 0.245 e. The Labute approximate surface area is 120 Å². The van der Waals surface area contributed by atoms with E-state index in [2.05, 4.69) is 15.9 Å².